The molecule has 2 rings (SSSR count). The predicted molar refractivity (Wildman–Crippen MR) is 68.2 cm³/mol. The van der Waals surface area contributed by atoms with Crippen LogP contribution >= 0.6 is 0 Å². The molecular weight excluding hydrogens is 198 g/mol. The third kappa shape index (κ3) is 2.97. The van der Waals surface area contributed by atoms with Gasteiger partial charge in [0.25, 0.3) is 0 Å². The molecule has 0 radical (unpaired) electrons. The van der Waals surface area contributed by atoms with E-state index in [1.165, 1.54) is 31.7 Å². The molecule has 0 saturated carbocycles. The van der Waals surface area contributed by atoms with Crippen molar-refractivity contribution >= 4 is 5.69 Å². The highest BCUT2D eigenvalue weighted by molar-refractivity contribution is 5.48. The maximum atomic E-state index is 4.15. The molecule has 1 saturated heterocycles. The minimum absolute atomic E-state index is 1.06. The molecule has 0 atom stereocenters. The number of likely N-dealkylation sites (N-methyl/N-ethyl adjacent to an activating group) is 1. The summed E-state index contributed by atoms with van der Waals surface area (Å²) >= 11 is 0. The van der Waals surface area contributed by atoms with E-state index in [9.17, 15) is 0 Å². The molecule has 1 aliphatic heterocycles. The number of piperazine rings is 1. The highest BCUT2D eigenvalue weighted by Crippen LogP contribution is 2.17. The van der Waals surface area contributed by atoms with Crippen LogP contribution in [0, 0.1) is 0 Å². The molecule has 3 nitrogen and oxygen atoms in total. The average Bonchev–Trinajstić information content (AvgIpc) is 2.33. The Bertz CT molecular complexity index is 312. The number of rotatable bonds is 3. The lowest BCUT2D eigenvalue weighted by Crippen LogP contribution is -2.43. The van der Waals surface area contributed by atoms with Crippen molar-refractivity contribution in [2.75, 3.05) is 40.3 Å². The van der Waals surface area contributed by atoms with Crippen molar-refractivity contribution in [3.8, 4) is 0 Å². The van der Waals surface area contributed by atoms with Gasteiger partial charge in [-0.2, -0.15) is 0 Å². The summed E-state index contributed by atoms with van der Waals surface area (Å²) in [6.45, 7) is 5.79. The van der Waals surface area contributed by atoms with Crippen molar-refractivity contribution in [3.05, 3.63) is 35.1 Å². The van der Waals surface area contributed by atoms with Crippen LogP contribution in [0.3, 0.4) is 0 Å². The summed E-state index contributed by atoms with van der Waals surface area (Å²) in [5.74, 6) is 0. The van der Waals surface area contributed by atoms with Gasteiger partial charge in [-0.25, -0.2) is 0 Å². The van der Waals surface area contributed by atoms with Crippen LogP contribution in [0.4, 0.5) is 5.69 Å². The fourth-order valence-electron chi connectivity index (χ4n) is 2.01. The maximum Gasteiger partial charge on any atom is 0.0234 e. The highest BCUT2D eigenvalue weighted by atomic mass is 15.2. The van der Waals surface area contributed by atoms with Crippen LogP contribution in [0.25, 0.3) is 5.32 Å². The van der Waals surface area contributed by atoms with Gasteiger partial charge in [0.1, 0.15) is 0 Å². The second kappa shape index (κ2) is 5.32. The molecule has 88 valence electrons. The Morgan fingerprint density at radius 1 is 1.06 bits per heavy atom. The van der Waals surface area contributed by atoms with Crippen LogP contribution in [-0.2, 0) is 6.54 Å². The number of hydrogen-bond acceptors (Lipinski definition) is 2. The largest absolute Gasteiger partial charge is 0.687 e. The summed E-state index contributed by atoms with van der Waals surface area (Å²) in [7, 11) is 4.02. The van der Waals surface area contributed by atoms with E-state index in [4.69, 9.17) is 0 Å². The zero-order valence-electron chi connectivity index (χ0n) is 10.2. The van der Waals surface area contributed by atoms with Gasteiger partial charge in [0.2, 0.25) is 0 Å². The van der Waals surface area contributed by atoms with E-state index in [0.29, 0.717) is 0 Å². The zero-order valence-corrected chi connectivity index (χ0v) is 10.2. The fourth-order valence-corrected chi connectivity index (χ4v) is 2.01. The van der Waals surface area contributed by atoms with Gasteiger partial charge in [-0.1, -0.05) is 24.3 Å². The summed E-state index contributed by atoms with van der Waals surface area (Å²) in [6, 6.07) is 8.54. The second-order valence-electron chi connectivity index (χ2n) is 4.47. The SMILES string of the molecule is C[N-]c1ccc(CN2CCN(C)CC2)cc1. The normalized spacial score (nSPS) is 18.6. The third-order valence-corrected chi connectivity index (χ3v) is 3.20. The smallest absolute Gasteiger partial charge is 0.0234 e. The van der Waals surface area contributed by atoms with Gasteiger partial charge in [-0.3, -0.25) is 4.90 Å². The first-order valence-corrected chi connectivity index (χ1v) is 5.87. The van der Waals surface area contributed by atoms with E-state index in [-0.39, 0.29) is 0 Å². The van der Waals surface area contributed by atoms with E-state index in [1.807, 2.05) is 7.05 Å². The molecule has 0 bridgehead atoms. The standard InChI is InChI=1S/C13H20N3/c1-14-13-5-3-12(4-6-13)11-16-9-7-15(2)8-10-16/h3-6H,7-11H2,1-2H3/q-1. The number of hydrogen-bond donors (Lipinski definition) is 0. The van der Waals surface area contributed by atoms with Gasteiger partial charge in [0, 0.05) is 32.7 Å². The van der Waals surface area contributed by atoms with Crippen LogP contribution in [-0.4, -0.2) is 50.1 Å². The van der Waals surface area contributed by atoms with Gasteiger partial charge in [0.05, 0.1) is 0 Å². The summed E-state index contributed by atoms with van der Waals surface area (Å²) in [5.41, 5.74) is 2.44. The van der Waals surface area contributed by atoms with E-state index < -0.39 is 0 Å². The van der Waals surface area contributed by atoms with E-state index in [0.717, 1.165) is 12.2 Å². The Kier molecular flexibility index (Phi) is 3.80. The molecule has 1 aliphatic rings. The fraction of sp³-hybridized carbons (Fsp3) is 0.538. The van der Waals surface area contributed by atoms with Crippen molar-refractivity contribution in [3.63, 3.8) is 0 Å². The first-order valence-electron chi connectivity index (χ1n) is 5.87. The molecule has 1 fully saturated rings. The van der Waals surface area contributed by atoms with Crippen LogP contribution < -0.4 is 0 Å². The molecule has 3 heteroatoms. The van der Waals surface area contributed by atoms with Crippen molar-refractivity contribution < 1.29 is 0 Å². The summed E-state index contributed by atoms with van der Waals surface area (Å²) < 4.78 is 0. The molecule has 16 heavy (non-hydrogen) atoms. The molecule has 1 heterocycles. The van der Waals surface area contributed by atoms with Gasteiger partial charge in [-0.15, -0.1) is 12.7 Å². The van der Waals surface area contributed by atoms with Gasteiger partial charge in [-0.05, 0) is 12.6 Å². The Balaban J connectivity index is 1.88. The van der Waals surface area contributed by atoms with E-state index in [1.54, 1.807) is 0 Å². The topological polar surface area (TPSA) is 20.6 Å². The van der Waals surface area contributed by atoms with Crippen LogP contribution in [0.5, 0.6) is 0 Å². The Labute approximate surface area is 98.0 Å². The van der Waals surface area contributed by atoms with Crippen LogP contribution in [0.15, 0.2) is 24.3 Å². The lowest BCUT2D eigenvalue weighted by molar-refractivity contribution is 0.148. The summed E-state index contributed by atoms with van der Waals surface area (Å²) in [4.78, 5) is 4.90. The molecule has 0 aliphatic carbocycles. The monoisotopic (exact) mass is 218 g/mol. The Morgan fingerprint density at radius 3 is 2.25 bits per heavy atom. The Morgan fingerprint density at radius 2 is 1.69 bits per heavy atom. The average molecular weight is 218 g/mol. The second-order valence-corrected chi connectivity index (χ2v) is 4.47. The summed E-state index contributed by atoms with van der Waals surface area (Å²) in [5, 5.41) is 4.15. The quantitative estimate of drug-likeness (QED) is 0.774. The van der Waals surface area contributed by atoms with E-state index >= 15 is 0 Å². The van der Waals surface area contributed by atoms with Crippen molar-refractivity contribution in [2.24, 2.45) is 0 Å². The molecule has 0 spiro atoms. The molecular formula is C13H20N3-. The molecule has 0 unspecified atom stereocenters. The van der Waals surface area contributed by atoms with Gasteiger partial charge >= 0.3 is 0 Å². The number of nitrogens with zero attached hydrogens (tertiary/aromatic N) is 3. The van der Waals surface area contributed by atoms with Crippen molar-refractivity contribution in [1.29, 1.82) is 0 Å². The van der Waals surface area contributed by atoms with E-state index in [2.05, 4.69) is 46.4 Å². The predicted octanol–water partition coefficient (Wildman–Crippen LogP) is 2.07. The molecule has 0 amide bonds. The van der Waals surface area contributed by atoms with Gasteiger partial charge < -0.3 is 10.2 Å². The third-order valence-electron chi connectivity index (χ3n) is 3.20. The maximum absolute atomic E-state index is 4.15. The highest BCUT2D eigenvalue weighted by Gasteiger charge is 2.13. The minimum atomic E-state index is 1.06. The summed E-state index contributed by atoms with van der Waals surface area (Å²) in [6.07, 6.45) is 0. The van der Waals surface area contributed by atoms with Crippen molar-refractivity contribution in [2.45, 2.75) is 6.54 Å². The van der Waals surface area contributed by atoms with Crippen LogP contribution in [0.1, 0.15) is 5.56 Å². The first kappa shape index (κ1) is 11.4. The molecule has 1 aromatic carbocycles. The zero-order chi connectivity index (χ0) is 11.4. The van der Waals surface area contributed by atoms with Crippen molar-refractivity contribution in [1.82, 2.24) is 9.80 Å². The molecule has 0 N–H and O–H groups in total. The van der Waals surface area contributed by atoms with Crippen LogP contribution in [0.2, 0.25) is 0 Å². The Hall–Kier alpha value is -1.06. The molecule has 0 aromatic heterocycles. The lowest BCUT2D eigenvalue weighted by atomic mass is 10.2. The number of benzene rings is 1. The lowest BCUT2D eigenvalue weighted by Gasteiger charge is -2.32. The minimum Gasteiger partial charge on any atom is -0.687 e. The first-order chi connectivity index (χ1) is 7.78. The van der Waals surface area contributed by atoms with Gasteiger partial charge in [0.15, 0.2) is 0 Å². The molecule has 1 aromatic rings.